The number of alkyl halides is 3. The number of fused-ring (bicyclic) bond motifs is 3. The molecule has 0 unspecified atom stereocenters. The van der Waals surface area contributed by atoms with Crippen LogP contribution in [0.5, 0.6) is 11.5 Å². The lowest BCUT2D eigenvalue weighted by atomic mass is 9.97. The first kappa shape index (κ1) is 19.8. The van der Waals surface area contributed by atoms with E-state index in [0.29, 0.717) is 11.5 Å². The normalized spacial score (nSPS) is 17.1. The summed E-state index contributed by atoms with van der Waals surface area (Å²) in [5, 5.41) is 0.260. The Hall–Kier alpha value is -1.99. The van der Waals surface area contributed by atoms with Gasteiger partial charge in [-0.05, 0) is 24.5 Å². The number of hydrogen-bond acceptors (Lipinski definition) is 4. The van der Waals surface area contributed by atoms with Crippen LogP contribution in [0.4, 0.5) is 13.2 Å². The highest BCUT2D eigenvalue weighted by molar-refractivity contribution is 6.32. The SMILES string of the molecule is CC(C)C[C@H](N)COc1cc2c(cc1Cl)-c1ncccc1[C@@H](C(F)(F)F)O2. The number of aromatic nitrogens is 1. The maximum absolute atomic E-state index is 13.4. The monoisotopic (exact) mass is 400 g/mol. The molecule has 4 nitrogen and oxygen atoms in total. The molecule has 27 heavy (non-hydrogen) atoms. The highest BCUT2D eigenvalue weighted by atomic mass is 35.5. The van der Waals surface area contributed by atoms with Gasteiger partial charge in [-0.2, -0.15) is 13.2 Å². The number of nitrogens with two attached hydrogens (primary N) is 1. The van der Waals surface area contributed by atoms with Crippen LogP contribution in [0.1, 0.15) is 31.9 Å². The van der Waals surface area contributed by atoms with Crippen LogP contribution in [-0.4, -0.2) is 23.8 Å². The Balaban J connectivity index is 1.93. The minimum Gasteiger partial charge on any atom is -0.490 e. The Kier molecular flexibility index (Phi) is 5.53. The molecular formula is C19H20ClF3N2O2. The van der Waals surface area contributed by atoms with Crippen LogP contribution >= 0.6 is 11.6 Å². The van der Waals surface area contributed by atoms with Crippen LogP contribution in [0, 0.1) is 5.92 Å². The summed E-state index contributed by atoms with van der Waals surface area (Å²) in [4.78, 5) is 4.10. The Labute approximate surface area is 160 Å². The fraction of sp³-hybridized carbons (Fsp3) is 0.421. The third kappa shape index (κ3) is 4.30. The minimum atomic E-state index is -4.57. The molecule has 0 aliphatic carbocycles. The fourth-order valence-electron chi connectivity index (χ4n) is 3.09. The highest BCUT2D eigenvalue weighted by Crippen LogP contribution is 2.49. The van der Waals surface area contributed by atoms with Gasteiger partial charge >= 0.3 is 6.18 Å². The molecule has 2 heterocycles. The van der Waals surface area contributed by atoms with Crippen LogP contribution in [0.2, 0.25) is 5.02 Å². The average molecular weight is 401 g/mol. The van der Waals surface area contributed by atoms with Gasteiger partial charge < -0.3 is 15.2 Å². The van der Waals surface area contributed by atoms with Crippen molar-refractivity contribution in [2.24, 2.45) is 11.7 Å². The van der Waals surface area contributed by atoms with E-state index in [1.165, 1.54) is 30.5 Å². The number of halogens is 4. The van der Waals surface area contributed by atoms with Crippen molar-refractivity contribution in [3.63, 3.8) is 0 Å². The molecule has 0 fully saturated rings. The van der Waals surface area contributed by atoms with Gasteiger partial charge in [-0.3, -0.25) is 4.98 Å². The Bertz CT molecular complexity index is 827. The zero-order valence-electron chi connectivity index (χ0n) is 14.9. The van der Waals surface area contributed by atoms with Crippen molar-refractivity contribution in [3.8, 4) is 22.8 Å². The maximum Gasteiger partial charge on any atom is 0.429 e. The summed E-state index contributed by atoms with van der Waals surface area (Å²) in [6.45, 7) is 4.29. The zero-order chi connectivity index (χ0) is 19.8. The summed E-state index contributed by atoms with van der Waals surface area (Å²) in [5.41, 5.74) is 6.55. The lowest BCUT2D eigenvalue weighted by molar-refractivity contribution is -0.198. The minimum absolute atomic E-state index is 0.0281. The van der Waals surface area contributed by atoms with E-state index >= 15 is 0 Å². The summed E-state index contributed by atoms with van der Waals surface area (Å²) in [5.74, 6) is 0.663. The summed E-state index contributed by atoms with van der Waals surface area (Å²) in [7, 11) is 0. The van der Waals surface area contributed by atoms with Crippen molar-refractivity contribution in [3.05, 3.63) is 41.0 Å². The number of hydrogen-bond donors (Lipinski definition) is 1. The van der Waals surface area contributed by atoms with Crippen molar-refractivity contribution < 1.29 is 22.6 Å². The second kappa shape index (κ2) is 7.56. The second-order valence-electron chi connectivity index (χ2n) is 6.96. The van der Waals surface area contributed by atoms with E-state index in [1.54, 1.807) is 0 Å². The summed E-state index contributed by atoms with van der Waals surface area (Å²) >= 11 is 6.27. The first-order valence-corrected chi connectivity index (χ1v) is 8.95. The van der Waals surface area contributed by atoms with Gasteiger partial charge in [0.25, 0.3) is 0 Å². The van der Waals surface area contributed by atoms with Crippen LogP contribution in [0.15, 0.2) is 30.5 Å². The van der Waals surface area contributed by atoms with Crippen molar-refractivity contribution in [1.82, 2.24) is 4.98 Å². The molecule has 1 aromatic carbocycles. The Morgan fingerprint density at radius 1 is 1.33 bits per heavy atom. The number of ether oxygens (including phenoxy) is 2. The molecular weight excluding hydrogens is 381 g/mol. The summed E-state index contributed by atoms with van der Waals surface area (Å²) < 4.78 is 51.2. The van der Waals surface area contributed by atoms with Crippen molar-refractivity contribution in [1.29, 1.82) is 0 Å². The van der Waals surface area contributed by atoms with E-state index in [2.05, 4.69) is 4.98 Å². The van der Waals surface area contributed by atoms with Crippen molar-refractivity contribution in [2.45, 2.75) is 38.6 Å². The van der Waals surface area contributed by atoms with Gasteiger partial charge in [0, 0.05) is 29.4 Å². The summed E-state index contributed by atoms with van der Waals surface area (Å²) in [6, 6.07) is 5.48. The molecule has 0 bridgehead atoms. The van der Waals surface area contributed by atoms with Gasteiger partial charge in [0.2, 0.25) is 6.10 Å². The van der Waals surface area contributed by atoms with Gasteiger partial charge in [-0.25, -0.2) is 0 Å². The molecule has 2 atom stereocenters. The van der Waals surface area contributed by atoms with Gasteiger partial charge in [0.1, 0.15) is 18.1 Å². The molecule has 0 amide bonds. The van der Waals surface area contributed by atoms with Crippen molar-refractivity contribution >= 4 is 11.6 Å². The largest absolute Gasteiger partial charge is 0.490 e. The topological polar surface area (TPSA) is 57.4 Å². The highest BCUT2D eigenvalue weighted by Gasteiger charge is 2.47. The number of benzene rings is 1. The molecule has 1 aliphatic heterocycles. The molecule has 0 saturated carbocycles. The van der Waals surface area contributed by atoms with E-state index < -0.39 is 12.3 Å². The van der Waals surface area contributed by atoms with Gasteiger partial charge in [0.15, 0.2) is 0 Å². The molecule has 1 aromatic heterocycles. The molecule has 0 radical (unpaired) electrons. The average Bonchev–Trinajstić information content (AvgIpc) is 2.58. The van der Waals surface area contributed by atoms with Gasteiger partial charge in [-0.1, -0.05) is 31.5 Å². The van der Waals surface area contributed by atoms with Crippen LogP contribution in [-0.2, 0) is 0 Å². The maximum atomic E-state index is 13.4. The lowest BCUT2D eigenvalue weighted by Crippen LogP contribution is -2.30. The number of pyridine rings is 1. The Morgan fingerprint density at radius 3 is 2.74 bits per heavy atom. The van der Waals surface area contributed by atoms with Crippen LogP contribution < -0.4 is 15.2 Å². The molecule has 146 valence electrons. The molecule has 3 rings (SSSR count). The predicted octanol–water partition coefficient (Wildman–Crippen LogP) is 5.15. The molecule has 2 aromatic rings. The van der Waals surface area contributed by atoms with Gasteiger partial charge in [0.05, 0.1) is 10.7 Å². The standard InChI is InChI=1S/C19H20ClF3N2O2/c1-10(2)6-11(24)9-26-16-8-15-13(7-14(16)20)17-12(4-3-5-25-17)18(27-15)19(21,22)23/h3-5,7-8,10-11,18H,6,9,24H2,1-2H3/t11-,18-/m0/s1. The van der Waals surface area contributed by atoms with E-state index in [-0.39, 0.29) is 40.4 Å². The fourth-order valence-corrected chi connectivity index (χ4v) is 3.30. The molecule has 0 saturated heterocycles. The predicted molar refractivity (Wildman–Crippen MR) is 97.0 cm³/mol. The number of nitrogens with zero attached hydrogens (tertiary/aromatic N) is 1. The third-order valence-corrected chi connectivity index (χ3v) is 4.48. The smallest absolute Gasteiger partial charge is 0.429 e. The molecule has 0 spiro atoms. The Morgan fingerprint density at radius 2 is 2.07 bits per heavy atom. The van der Waals surface area contributed by atoms with E-state index in [0.717, 1.165) is 6.42 Å². The first-order valence-electron chi connectivity index (χ1n) is 8.57. The van der Waals surface area contributed by atoms with Crippen molar-refractivity contribution in [2.75, 3.05) is 6.61 Å². The lowest BCUT2D eigenvalue weighted by Gasteiger charge is -2.29. The number of rotatable bonds is 5. The molecule has 2 N–H and O–H groups in total. The first-order chi connectivity index (χ1) is 12.7. The van der Waals surface area contributed by atoms with Crippen LogP contribution in [0.25, 0.3) is 11.3 Å². The molecule has 8 heteroatoms. The van der Waals surface area contributed by atoms with E-state index in [4.69, 9.17) is 26.8 Å². The van der Waals surface area contributed by atoms with Gasteiger partial charge in [-0.15, -0.1) is 0 Å². The second-order valence-corrected chi connectivity index (χ2v) is 7.37. The summed E-state index contributed by atoms with van der Waals surface area (Å²) in [6.07, 6.45) is -4.47. The van der Waals surface area contributed by atoms with Crippen LogP contribution in [0.3, 0.4) is 0 Å². The zero-order valence-corrected chi connectivity index (χ0v) is 15.6. The third-order valence-electron chi connectivity index (χ3n) is 4.18. The van der Waals surface area contributed by atoms with E-state index in [1.807, 2.05) is 13.8 Å². The molecule has 1 aliphatic rings. The van der Waals surface area contributed by atoms with E-state index in [9.17, 15) is 13.2 Å². The quantitative estimate of drug-likeness (QED) is 0.754.